The molecule has 7 nitrogen and oxygen atoms in total. The summed E-state index contributed by atoms with van der Waals surface area (Å²) in [5.74, 6) is -0.112. The summed E-state index contributed by atoms with van der Waals surface area (Å²) in [6, 6.07) is 15.5. The minimum absolute atomic E-state index is 0.0782. The third-order valence-corrected chi connectivity index (χ3v) is 8.10. The number of nitrogens with zero attached hydrogens (tertiary/aromatic N) is 2. The number of sulfonamides is 1. The maximum Gasteiger partial charge on any atom is 0.248 e. The van der Waals surface area contributed by atoms with Crippen LogP contribution in [0, 0.1) is 26.7 Å². The molecule has 1 fully saturated rings. The molecule has 1 N–H and O–H groups in total. The van der Waals surface area contributed by atoms with Crippen molar-refractivity contribution < 1.29 is 17.7 Å². The van der Waals surface area contributed by atoms with Crippen LogP contribution in [-0.2, 0) is 14.8 Å². The number of aromatic nitrogens is 1. The molecule has 34 heavy (non-hydrogen) atoms. The quantitative estimate of drug-likeness (QED) is 0.548. The van der Waals surface area contributed by atoms with Crippen LogP contribution in [0.3, 0.4) is 0 Å². The van der Waals surface area contributed by atoms with Gasteiger partial charge in [0.1, 0.15) is 5.69 Å². The van der Waals surface area contributed by atoms with Gasteiger partial charge in [-0.2, -0.15) is 4.31 Å². The molecule has 1 aliphatic heterocycles. The summed E-state index contributed by atoms with van der Waals surface area (Å²) in [6.07, 6.45) is 4.35. The van der Waals surface area contributed by atoms with Crippen LogP contribution in [0.15, 0.2) is 57.9 Å². The van der Waals surface area contributed by atoms with Gasteiger partial charge in [-0.05, 0) is 62.9 Å². The normalized spacial score (nSPS) is 15.6. The number of hydrogen-bond donors (Lipinski definition) is 1. The Bertz CT molecular complexity index is 1300. The van der Waals surface area contributed by atoms with Gasteiger partial charge in [-0.3, -0.25) is 4.79 Å². The van der Waals surface area contributed by atoms with Gasteiger partial charge < -0.3 is 9.84 Å². The molecule has 1 aliphatic rings. The van der Waals surface area contributed by atoms with Gasteiger partial charge in [0.15, 0.2) is 10.7 Å². The van der Waals surface area contributed by atoms with Gasteiger partial charge in [0, 0.05) is 24.7 Å². The topological polar surface area (TPSA) is 92.5 Å². The number of anilines is 1. The van der Waals surface area contributed by atoms with Crippen LogP contribution in [0.4, 0.5) is 5.69 Å². The third-order valence-electron chi connectivity index (χ3n) is 6.05. The first-order valence-electron chi connectivity index (χ1n) is 11.3. The lowest BCUT2D eigenvalue weighted by Crippen LogP contribution is -2.41. The summed E-state index contributed by atoms with van der Waals surface area (Å²) in [7, 11) is -3.81. The Hall–Kier alpha value is -3.23. The number of aryl methyl sites for hydroxylation is 3. The molecule has 0 unspecified atom stereocenters. The number of rotatable bonds is 6. The van der Waals surface area contributed by atoms with E-state index in [0.29, 0.717) is 18.5 Å². The first-order valence-corrected chi connectivity index (χ1v) is 12.8. The fraction of sp³-hybridized carbons (Fsp3) is 0.308. The molecular formula is C26H29N3O4S. The molecule has 0 bridgehead atoms. The largest absolute Gasteiger partial charge is 0.355 e. The van der Waals surface area contributed by atoms with Gasteiger partial charge in [0.2, 0.25) is 15.9 Å². The summed E-state index contributed by atoms with van der Waals surface area (Å²) in [4.78, 5) is 12.8. The third kappa shape index (κ3) is 5.29. The van der Waals surface area contributed by atoms with E-state index in [1.54, 1.807) is 19.1 Å². The molecule has 0 aliphatic carbocycles. The van der Waals surface area contributed by atoms with Crippen molar-refractivity contribution in [1.82, 2.24) is 9.46 Å². The summed E-state index contributed by atoms with van der Waals surface area (Å²) in [6.45, 7) is 6.13. The molecule has 8 heteroatoms. The number of benzene rings is 2. The fourth-order valence-corrected chi connectivity index (χ4v) is 5.82. The molecular weight excluding hydrogens is 450 g/mol. The Balaban J connectivity index is 1.45. The molecule has 1 amide bonds. The minimum atomic E-state index is -3.81. The van der Waals surface area contributed by atoms with Crippen LogP contribution in [0.2, 0.25) is 0 Å². The predicted molar refractivity (Wildman–Crippen MR) is 133 cm³/mol. The van der Waals surface area contributed by atoms with Crippen molar-refractivity contribution in [3.63, 3.8) is 0 Å². The van der Waals surface area contributed by atoms with Gasteiger partial charge in [-0.15, -0.1) is 0 Å². The van der Waals surface area contributed by atoms with Crippen molar-refractivity contribution in [1.29, 1.82) is 0 Å². The number of hydrogen-bond acceptors (Lipinski definition) is 5. The molecule has 0 atom stereocenters. The van der Waals surface area contributed by atoms with Crippen molar-refractivity contribution in [2.45, 2.75) is 38.5 Å². The van der Waals surface area contributed by atoms with Crippen molar-refractivity contribution in [2.24, 2.45) is 5.92 Å². The molecule has 178 valence electrons. The SMILES string of the molecule is Cc1ccc(/C=C/c2onc(C)c2S(=O)(=O)N2CCC(C(=O)Nc3cccc(C)c3)CC2)cc1. The van der Waals surface area contributed by atoms with E-state index in [9.17, 15) is 13.2 Å². The highest BCUT2D eigenvalue weighted by molar-refractivity contribution is 7.89. The van der Waals surface area contributed by atoms with Crippen LogP contribution in [-0.4, -0.2) is 36.9 Å². The van der Waals surface area contributed by atoms with E-state index in [4.69, 9.17) is 4.52 Å². The Labute approximate surface area is 200 Å². The molecule has 0 spiro atoms. The minimum Gasteiger partial charge on any atom is -0.355 e. The van der Waals surface area contributed by atoms with Crippen molar-refractivity contribution in [3.8, 4) is 0 Å². The lowest BCUT2D eigenvalue weighted by atomic mass is 9.97. The molecule has 3 aromatic rings. The zero-order valence-electron chi connectivity index (χ0n) is 19.6. The first-order chi connectivity index (χ1) is 16.2. The van der Waals surface area contributed by atoms with Gasteiger partial charge >= 0.3 is 0 Å². The van der Waals surface area contributed by atoms with E-state index in [-0.39, 0.29) is 35.6 Å². The summed E-state index contributed by atoms with van der Waals surface area (Å²) in [5, 5.41) is 6.85. The number of carbonyl (C=O) groups is 1. The number of nitrogens with one attached hydrogen (secondary N) is 1. The Kier molecular flexibility index (Phi) is 7.00. The second-order valence-corrected chi connectivity index (χ2v) is 10.6. The van der Waals surface area contributed by atoms with Crippen LogP contribution in [0.1, 0.15) is 41.0 Å². The van der Waals surface area contributed by atoms with Crippen molar-refractivity contribution >= 4 is 33.8 Å². The highest BCUT2D eigenvalue weighted by Gasteiger charge is 2.35. The highest BCUT2D eigenvalue weighted by Crippen LogP contribution is 2.29. The van der Waals surface area contributed by atoms with Gasteiger partial charge in [0.05, 0.1) is 0 Å². The maximum atomic E-state index is 13.4. The Morgan fingerprint density at radius 2 is 1.74 bits per heavy atom. The van der Waals surface area contributed by atoms with Crippen molar-refractivity contribution in [2.75, 3.05) is 18.4 Å². The van der Waals surface area contributed by atoms with Crippen LogP contribution in [0.5, 0.6) is 0 Å². The molecule has 0 saturated carbocycles. The second kappa shape index (κ2) is 9.95. The highest BCUT2D eigenvalue weighted by atomic mass is 32.2. The average Bonchev–Trinajstić information content (AvgIpc) is 3.20. The van der Waals surface area contributed by atoms with Gasteiger partial charge in [0.25, 0.3) is 0 Å². The molecule has 4 rings (SSSR count). The Morgan fingerprint density at radius 3 is 2.41 bits per heavy atom. The van der Waals surface area contributed by atoms with E-state index >= 15 is 0 Å². The van der Waals surface area contributed by atoms with E-state index < -0.39 is 10.0 Å². The molecule has 1 saturated heterocycles. The fourth-order valence-electron chi connectivity index (χ4n) is 4.10. The lowest BCUT2D eigenvalue weighted by molar-refractivity contribution is -0.120. The average molecular weight is 480 g/mol. The maximum absolute atomic E-state index is 13.4. The summed E-state index contributed by atoms with van der Waals surface area (Å²) < 4.78 is 33.7. The standard InChI is InChI=1S/C26H29N3O4S/c1-18-7-9-21(10-8-18)11-12-24-25(20(3)28-33-24)34(31,32)29-15-13-22(14-16-29)26(30)27-23-6-4-5-19(2)17-23/h4-12,17,22H,13-16H2,1-3H3,(H,27,30)/b12-11+. The zero-order chi connectivity index (χ0) is 24.3. The van der Waals surface area contributed by atoms with Crippen molar-refractivity contribution in [3.05, 3.63) is 76.7 Å². The van der Waals surface area contributed by atoms with Gasteiger partial charge in [-0.25, -0.2) is 8.42 Å². The Morgan fingerprint density at radius 1 is 1.03 bits per heavy atom. The van der Waals surface area contributed by atoms with E-state index in [2.05, 4.69) is 10.5 Å². The van der Waals surface area contributed by atoms with Gasteiger partial charge in [-0.1, -0.05) is 53.2 Å². The van der Waals surface area contributed by atoms with E-state index in [1.165, 1.54) is 4.31 Å². The second-order valence-electron chi connectivity index (χ2n) is 8.74. The van der Waals surface area contributed by atoms with E-state index in [1.807, 2.05) is 62.4 Å². The van der Waals surface area contributed by atoms with Crippen LogP contribution in [0.25, 0.3) is 12.2 Å². The number of piperidine rings is 1. The monoisotopic (exact) mass is 479 g/mol. The summed E-state index contributed by atoms with van der Waals surface area (Å²) in [5.41, 5.74) is 4.22. The first kappa shape index (κ1) is 23.9. The smallest absolute Gasteiger partial charge is 0.248 e. The summed E-state index contributed by atoms with van der Waals surface area (Å²) >= 11 is 0. The molecule has 0 radical (unpaired) electrons. The molecule has 2 aromatic carbocycles. The van der Waals surface area contributed by atoms with Crippen LogP contribution < -0.4 is 5.32 Å². The molecule has 2 heterocycles. The predicted octanol–water partition coefficient (Wildman–Crippen LogP) is 4.81. The number of carbonyl (C=O) groups excluding carboxylic acids is 1. The lowest BCUT2D eigenvalue weighted by Gasteiger charge is -2.30. The van der Waals surface area contributed by atoms with Crippen LogP contribution >= 0.6 is 0 Å². The molecule has 1 aromatic heterocycles. The number of amides is 1. The zero-order valence-corrected chi connectivity index (χ0v) is 20.4. The van der Waals surface area contributed by atoms with E-state index in [0.717, 1.165) is 22.4 Å².